The molecule has 1 heterocycles. The Bertz CT molecular complexity index is 415. The van der Waals surface area contributed by atoms with Gasteiger partial charge in [0.25, 0.3) is 0 Å². The SMILES string of the molecule is CCc1c(Cl)ncnc1NCCC1=CCCC1. The van der Waals surface area contributed by atoms with Gasteiger partial charge in [0.05, 0.1) is 0 Å². The zero-order valence-corrected chi connectivity index (χ0v) is 10.9. The van der Waals surface area contributed by atoms with E-state index in [0.717, 1.165) is 30.8 Å². The minimum Gasteiger partial charge on any atom is -0.369 e. The van der Waals surface area contributed by atoms with Crippen LogP contribution >= 0.6 is 11.6 Å². The fourth-order valence-electron chi connectivity index (χ4n) is 2.16. The number of anilines is 1. The van der Waals surface area contributed by atoms with Crippen LogP contribution < -0.4 is 5.32 Å². The largest absolute Gasteiger partial charge is 0.369 e. The number of allylic oxidation sites excluding steroid dienone is 1. The van der Waals surface area contributed by atoms with Gasteiger partial charge in [-0.05, 0) is 32.1 Å². The molecule has 0 bridgehead atoms. The lowest BCUT2D eigenvalue weighted by molar-refractivity contribution is 0.860. The van der Waals surface area contributed by atoms with Crippen LogP contribution in [0.4, 0.5) is 5.82 Å². The summed E-state index contributed by atoms with van der Waals surface area (Å²) in [5.41, 5.74) is 2.57. The molecule has 0 fully saturated rings. The molecule has 3 nitrogen and oxygen atoms in total. The molecule has 0 aliphatic heterocycles. The van der Waals surface area contributed by atoms with Crippen molar-refractivity contribution >= 4 is 17.4 Å². The summed E-state index contributed by atoms with van der Waals surface area (Å²) in [6.45, 7) is 2.99. The van der Waals surface area contributed by atoms with Gasteiger partial charge in [-0.15, -0.1) is 0 Å². The molecule has 1 N–H and O–H groups in total. The molecular weight excluding hydrogens is 234 g/mol. The number of nitrogens with one attached hydrogen (secondary N) is 1. The average molecular weight is 252 g/mol. The average Bonchev–Trinajstić information content (AvgIpc) is 2.82. The second-order valence-corrected chi connectivity index (χ2v) is 4.63. The van der Waals surface area contributed by atoms with Crippen molar-refractivity contribution in [1.82, 2.24) is 9.97 Å². The highest BCUT2D eigenvalue weighted by atomic mass is 35.5. The summed E-state index contributed by atoms with van der Waals surface area (Å²) in [7, 11) is 0. The second-order valence-electron chi connectivity index (χ2n) is 4.28. The van der Waals surface area contributed by atoms with E-state index in [2.05, 4.69) is 28.3 Å². The van der Waals surface area contributed by atoms with Crippen LogP contribution in [0.2, 0.25) is 5.15 Å². The van der Waals surface area contributed by atoms with Crippen LogP contribution in [0.15, 0.2) is 18.0 Å². The van der Waals surface area contributed by atoms with Crippen molar-refractivity contribution in [3.63, 3.8) is 0 Å². The van der Waals surface area contributed by atoms with Gasteiger partial charge in [-0.1, -0.05) is 30.2 Å². The van der Waals surface area contributed by atoms with Crippen LogP contribution in [-0.4, -0.2) is 16.5 Å². The Morgan fingerprint density at radius 3 is 3.00 bits per heavy atom. The minimum atomic E-state index is 0.560. The normalized spacial score (nSPS) is 14.8. The molecule has 0 spiro atoms. The lowest BCUT2D eigenvalue weighted by Crippen LogP contribution is -2.07. The van der Waals surface area contributed by atoms with Crippen LogP contribution in [0.1, 0.15) is 38.2 Å². The lowest BCUT2D eigenvalue weighted by atomic mass is 10.1. The monoisotopic (exact) mass is 251 g/mol. The maximum absolute atomic E-state index is 6.03. The van der Waals surface area contributed by atoms with Gasteiger partial charge in [-0.3, -0.25) is 0 Å². The Balaban J connectivity index is 1.92. The number of rotatable bonds is 5. The van der Waals surface area contributed by atoms with Gasteiger partial charge in [-0.2, -0.15) is 0 Å². The summed E-state index contributed by atoms with van der Waals surface area (Å²) in [6, 6.07) is 0. The van der Waals surface area contributed by atoms with Gasteiger partial charge >= 0.3 is 0 Å². The first-order chi connectivity index (χ1) is 8.31. The van der Waals surface area contributed by atoms with Crippen LogP contribution in [0.5, 0.6) is 0 Å². The van der Waals surface area contributed by atoms with E-state index >= 15 is 0 Å². The fourth-order valence-corrected chi connectivity index (χ4v) is 2.43. The third kappa shape index (κ3) is 3.19. The number of hydrogen-bond acceptors (Lipinski definition) is 3. The fraction of sp³-hybridized carbons (Fsp3) is 0.538. The summed E-state index contributed by atoms with van der Waals surface area (Å²) in [4.78, 5) is 8.25. The van der Waals surface area contributed by atoms with Gasteiger partial charge in [0.15, 0.2) is 0 Å². The molecule has 1 aliphatic carbocycles. The van der Waals surface area contributed by atoms with Crippen molar-refractivity contribution in [3.05, 3.63) is 28.7 Å². The molecule has 1 aromatic rings. The molecule has 0 amide bonds. The van der Waals surface area contributed by atoms with Crippen molar-refractivity contribution < 1.29 is 0 Å². The molecule has 0 saturated heterocycles. The second kappa shape index (κ2) is 6.01. The van der Waals surface area contributed by atoms with E-state index < -0.39 is 0 Å². The number of hydrogen-bond donors (Lipinski definition) is 1. The predicted octanol–water partition coefficient (Wildman–Crippen LogP) is 3.60. The highest BCUT2D eigenvalue weighted by Gasteiger charge is 2.08. The first-order valence-electron chi connectivity index (χ1n) is 6.22. The quantitative estimate of drug-likeness (QED) is 0.642. The highest BCUT2D eigenvalue weighted by Crippen LogP contribution is 2.22. The maximum atomic E-state index is 6.03. The van der Waals surface area contributed by atoms with E-state index in [4.69, 9.17) is 11.6 Å². The molecule has 92 valence electrons. The van der Waals surface area contributed by atoms with Crippen molar-refractivity contribution in [1.29, 1.82) is 0 Å². The molecule has 1 aliphatic rings. The van der Waals surface area contributed by atoms with Gasteiger partial charge in [-0.25, -0.2) is 9.97 Å². The number of nitrogens with zero attached hydrogens (tertiary/aromatic N) is 2. The Kier molecular flexibility index (Phi) is 4.37. The molecule has 0 atom stereocenters. The standard InChI is InChI=1S/C13H18ClN3/c1-2-11-12(14)16-9-17-13(11)15-8-7-10-5-3-4-6-10/h5,9H,2-4,6-8H2,1H3,(H,15,16,17). The molecule has 0 radical (unpaired) electrons. The number of aromatic nitrogens is 2. The van der Waals surface area contributed by atoms with E-state index in [-0.39, 0.29) is 0 Å². The summed E-state index contributed by atoms with van der Waals surface area (Å²) >= 11 is 6.03. The van der Waals surface area contributed by atoms with Crippen LogP contribution in [-0.2, 0) is 6.42 Å². The van der Waals surface area contributed by atoms with Crippen molar-refractivity contribution in [2.45, 2.75) is 39.0 Å². The van der Waals surface area contributed by atoms with Crippen molar-refractivity contribution in [2.75, 3.05) is 11.9 Å². The van der Waals surface area contributed by atoms with Gasteiger partial charge in [0.1, 0.15) is 17.3 Å². The Hall–Kier alpha value is -1.09. The van der Waals surface area contributed by atoms with E-state index in [9.17, 15) is 0 Å². The summed E-state index contributed by atoms with van der Waals surface area (Å²) in [5.74, 6) is 0.881. The third-order valence-corrected chi connectivity index (χ3v) is 3.45. The topological polar surface area (TPSA) is 37.8 Å². The summed E-state index contributed by atoms with van der Waals surface area (Å²) < 4.78 is 0. The smallest absolute Gasteiger partial charge is 0.137 e. The van der Waals surface area contributed by atoms with E-state index in [0.29, 0.717) is 5.15 Å². The first kappa shape index (κ1) is 12.4. The minimum absolute atomic E-state index is 0.560. The van der Waals surface area contributed by atoms with Crippen LogP contribution in [0.25, 0.3) is 0 Å². The van der Waals surface area contributed by atoms with Gasteiger partial charge in [0.2, 0.25) is 0 Å². The molecular formula is C13H18ClN3. The zero-order chi connectivity index (χ0) is 12.1. The Morgan fingerprint density at radius 1 is 1.41 bits per heavy atom. The maximum Gasteiger partial charge on any atom is 0.137 e. The number of halogens is 1. The van der Waals surface area contributed by atoms with Crippen molar-refractivity contribution in [3.8, 4) is 0 Å². The van der Waals surface area contributed by atoms with E-state index in [1.807, 2.05) is 0 Å². The Morgan fingerprint density at radius 2 is 2.29 bits per heavy atom. The first-order valence-corrected chi connectivity index (χ1v) is 6.60. The van der Waals surface area contributed by atoms with E-state index in [1.54, 1.807) is 5.57 Å². The highest BCUT2D eigenvalue weighted by molar-refractivity contribution is 6.30. The van der Waals surface area contributed by atoms with E-state index in [1.165, 1.54) is 25.6 Å². The predicted molar refractivity (Wildman–Crippen MR) is 71.5 cm³/mol. The molecule has 4 heteroatoms. The van der Waals surface area contributed by atoms with Crippen molar-refractivity contribution in [2.24, 2.45) is 0 Å². The molecule has 17 heavy (non-hydrogen) atoms. The van der Waals surface area contributed by atoms with Crippen LogP contribution in [0, 0.1) is 0 Å². The molecule has 0 aromatic carbocycles. The molecule has 2 rings (SSSR count). The zero-order valence-electron chi connectivity index (χ0n) is 10.2. The summed E-state index contributed by atoms with van der Waals surface area (Å²) in [6.07, 6.45) is 9.64. The summed E-state index contributed by atoms with van der Waals surface area (Å²) in [5, 5.41) is 3.92. The van der Waals surface area contributed by atoms with Crippen LogP contribution in [0.3, 0.4) is 0 Å². The van der Waals surface area contributed by atoms with Gasteiger partial charge < -0.3 is 5.32 Å². The Labute approximate surface area is 107 Å². The third-order valence-electron chi connectivity index (χ3n) is 3.12. The molecule has 0 saturated carbocycles. The molecule has 0 unspecified atom stereocenters. The van der Waals surface area contributed by atoms with Gasteiger partial charge in [0, 0.05) is 12.1 Å². The molecule has 1 aromatic heterocycles. The lowest BCUT2D eigenvalue weighted by Gasteiger charge is -2.10.